The average molecular weight is 283 g/mol. The molecule has 0 spiro atoms. The van der Waals surface area contributed by atoms with Crippen molar-refractivity contribution < 1.29 is 4.74 Å². The number of methoxy groups -OCH3 is 1. The first kappa shape index (κ1) is 14.6. The summed E-state index contributed by atoms with van der Waals surface area (Å²) in [4.78, 5) is 2.43. The van der Waals surface area contributed by atoms with Crippen LogP contribution >= 0.6 is 11.6 Å². The number of hydrogen-bond acceptors (Lipinski definition) is 3. The molecule has 2 N–H and O–H groups in total. The van der Waals surface area contributed by atoms with E-state index in [2.05, 4.69) is 17.0 Å². The Morgan fingerprint density at radius 1 is 1.37 bits per heavy atom. The van der Waals surface area contributed by atoms with Crippen molar-refractivity contribution in [3.8, 4) is 0 Å². The molecule has 19 heavy (non-hydrogen) atoms. The van der Waals surface area contributed by atoms with Gasteiger partial charge in [0.05, 0.1) is 0 Å². The molecule has 106 valence electrons. The van der Waals surface area contributed by atoms with E-state index >= 15 is 0 Å². The minimum atomic E-state index is 0.675. The zero-order valence-corrected chi connectivity index (χ0v) is 12.3. The molecule has 1 heterocycles. The standard InChI is InChI=1S/C15H23ClN2O/c1-19-11-12-5-8-18(9-6-12)15-10-14(16)3-2-13(15)4-7-17/h2-3,10,12H,4-9,11,17H2,1H3. The molecule has 1 aliphatic rings. The number of nitrogens with zero attached hydrogens (tertiary/aromatic N) is 1. The van der Waals surface area contributed by atoms with E-state index in [0.717, 1.165) is 31.1 Å². The Hall–Kier alpha value is -0.770. The Kier molecular flexibility index (Phi) is 5.49. The molecule has 0 atom stereocenters. The van der Waals surface area contributed by atoms with Crippen LogP contribution in [0.5, 0.6) is 0 Å². The zero-order chi connectivity index (χ0) is 13.7. The van der Waals surface area contributed by atoms with Gasteiger partial charge in [-0.3, -0.25) is 0 Å². The topological polar surface area (TPSA) is 38.5 Å². The summed E-state index contributed by atoms with van der Waals surface area (Å²) < 4.78 is 5.25. The Labute approximate surface area is 120 Å². The van der Waals surface area contributed by atoms with Gasteiger partial charge in [-0.05, 0) is 49.4 Å². The SMILES string of the molecule is COCC1CCN(c2cc(Cl)ccc2CCN)CC1. The number of hydrogen-bond donors (Lipinski definition) is 1. The highest BCUT2D eigenvalue weighted by Gasteiger charge is 2.20. The predicted molar refractivity (Wildman–Crippen MR) is 81.0 cm³/mol. The normalized spacial score (nSPS) is 16.9. The van der Waals surface area contributed by atoms with E-state index in [1.54, 1.807) is 7.11 Å². The molecule has 0 aliphatic carbocycles. The molecule has 1 fully saturated rings. The summed E-state index contributed by atoms with van der Waals surface area (Å²) in [6.07, 6.45) is 3.27. The second-order valence-electron chi connectivity index (χ2n) is 5.20. The maximum absolute atomic E-state index is 6.14. The van der Waals surface area contributed by atoms with Gasteiger partial charge in [0.25, 0.3) is 0 Å². The van der Waals surface area contributed by atoms with Crippen molar-refractivity contribution in [2.75, 3.05) is 38.3 Å². The number of rotatable bonds is 5. The van der Waals surface area contributed by atoms with Crippen molar-refractivity contribution in [2.45, 2.75) is 19.3 Å². The minimum Gasteiger partial charge on any atom is -0.384 e. The highest BCUT2D eigenvalue weighted by Crippen LogP contribution is 2.29. The van der Waals surface area contributed by atoms with Crippen LogP contribution in [0, 0.1) is 5.92 Å². The average Bonchev–Trinajstić information content (AvgIpc) is 2.42. The van der Waals surface area contributed by atoms with E-state index in [9.17, 15) is 0 Å². The highest BCUT2D eigenvalue weighted by molar-refractivity contribution is 6.30. The van der Waals surface area contributed by atoms with Gasteiger partial charge in [-0.25, -0.2) is 0 Å². The molecule has 1 aromatic rings. The summed E-state index contributed by atoms with van der Waals surface area (Å²) in [5, 5.41) is 0.801. The van der Waals surface area contributed by atoms with Gasteiger partial charge < -0.3 is 15.4 Å². The minimum absolute atomic E-state index is 0.675. The van der Waals surface area contributed by atoms with Gasteiger partial charge in [0.1, 0.15) is 0 Å². The Morgan fingerprint density at radius 2 is 2.11 bits per heavy atom. The molecule has 2 rings (SSSR count). The Bertz CT molecular complexity index is 403. The Balaban J connectivity index is 2.07. The van der Waals surface area contributed by atoms with Crippen LogP contribution in [0.3, 0.4) is 0 Å². The van der Waals surface area contributed by atoms with Crippen molar-refractivity contribution in [2.24, 2.45) is 11.7 Å². The molecule has 1 aromatic carbocycles. The van der Waals surface area contributed by atoms with Gasteiger partial charge in [0.2, 0.25) is 0 Å². The van der Waals surface area contributed by atoms with Crippen molar-refractivity contribution in [3.63, 3.8) is 0 Å². The number of nitrogens with two attached hydrogens (primary N) is 1. The number of ether oxygens (including phenoxy) is 1. The monoisotopic (exact) mass is 282 g/mol. The fourth-order valence-corrected chi connectivity index (χ4v) is 2.94. The smallest absolute Gasteiger partial charge is 0.0491 e. The first-order valence-electron chi connectivity index (χ1n) is 6.97. The molecule has 0 radical (unpaired) electrons. The van der Waals surface area contributed by atoms with Crippen LogP contribution in [-0.2, 0) is 11.2 Å². The van der Waals surface area contributed by atoms with Gasteiger partial charge in [-0.1, -0.05) is 17.7 Å². The summed E-state index contributed by atoms with van der Waals surface area (Å²) in [7, 11) is 1.78. The van der Waals surface area contributed by atoms with Gasteiger partial charge in [-0.2, -0.15) is 0 Å². The summed E-state index contributed by atoms with van der Waals surface area (Å²) >= 11 is 6.14. The van der Waals surface area contributed by atoms with E-state index in [-0.39, 0.29) is 0 Å². The molecule has 0 aromatic heterocycles. The molecular formula is C15H23ClN2O. The van der Waals surface area contributed by atoms with Crippen molar-refractivity contribution in [1.29, 1.82) is 0 Å². The van der Waals surface area contributed by atoms with Crippen molar-refractivity contribution >= 4 is 17.3 Å². The lowest BCUT2D eigenvalue weighted by Crippen LogP contribution is -2.35. The third kappa shape index (κ3) is 3.85. The van der Waals surface area contributed by atoms with Crippen LogP contribution in [0.2, 0.25) is 5.02 Å². The molecule has 4 heteroatoms. The third-order valence-electron chi connectivity index (χ3n) is 3.82. The van der Waals surface area contributed by atoms with Crippen LogP contribution in [-0.4, -0.2) is 33.4 Å². The van der Waals surface area contributed by atoms with E-state index in [4.69, 9.17) is 22.1 Å². The van der Waals surface area contributed by atoms with Gasteiger partial charge in [-0.15, -0.1) is 0 Å². The second-order valence-corrected chi connectivity index (χ2v) is 5.63. The lowest BCUT2D eigenvalue weighted by Gasteiger charge is -2.34. The maximum atomic E-state index is 6.14. The summed E-state index contributed by atoms with van der Waals surface area (Å²) in [5.74, 6) is 0.693. The predicted octanol–water partition coefficient (Wildman–Crippen LogP) is 2.70. The highest BCUT2D eigenvalue weighted by atomic mass is 35.5. The number of benzene rings is 1. The largest absolute Gasteiger partial charge is 0.384 e. The molecule has 0 amide bonds. The first-order valence-corrected chi connectivity index (χ1v) is 7.34. The molecule has 0 unspecified atom stereocenters. The third-order valence-corrected chi connectivity index (χ3v) is 4.05. The summed E-state index contributed by atoms with van der Waals surface area (Å²) in [5.41, 5.74) is 8.25. The zero-order valence-electron chi connectivity index (χ0n) is 11.6. The first-order chi connectivity index (χ1) is 9.24. The quantitative estimate of drug-likeness (QED) is 0.902. The van der Waals surface area contributed by atoms with E-state index in [1.807, 2.05) is 6.07 Å². The lowest BCUT2D eigenvalue weighted by atomic mass is 9.96. The van der Waals surface area contributed by atoms with Crippen LogP contribution < -0.4 is 10.6 Å². The van der Waals surface area contributed by atoms with Crippen LogP contribution in [0.15, 0.2) is 18.2 Å². The van der Waals surface area contributed by atoms with E-state index < -0.39 is 0 Å². The lowest BCUT2D eigenvalue weighted by molar-refractivity contribution is 0.139. The second kappa shape index (κ2) is 7.13. The number of halogens is 1. The molecule has 0 saturated carbocycles. The van der Waals surface area contributed by atoms with Gasteiger partial charge >= 0.3 is 0 Å². The fraction of sp³-hybridized carbons (Fsp3) is 0.600. The number of anilines is 1. The maximum Gasteiger partial charge on any atom is 0.0491 e. The Morgan fingerprint density at radius 3 is 2.74 bits per heavy atom. The molecule has 0 bridgehead atoms. The van der Waals surface area contributed by atoms with Crippen molar-refractivity contribution in [3.05, 3.63) is 28.8 Å². The van der Waals surface area contributed by atoms with E-state index in [0.29, 0.717) is 12.5 Å². The summed E-state index contributed by atoms with van der Waals surface area (Å²) in [6.45, 7) is 3.70. The fourth-order valence-electron chi connectivity index (χ4n) is 2.77. The van der Waals surface area contributed by atoms with Crippen LogP contribution in [0.25, 0.3) is 0 Å². The van der Waals surface area contributed by atoms with Crippen LogP contribution in [0.4, 0.5) is 5.69 Å². The molecule has 1 saturated heterocycles. The number of piperidine rings is 1. The van der Waals surface area contributed by atoms with E-state index in [1.165, 1.54) is 24.1 Å². The molecule has 3 nitrogen and oxygen atoms in total. The summed E-state index contributed by atoms with van der Waals surface area (Å²) in [6, 6.07) is 6.13. The van der Waals surface area contributed by atoms with Gasteiger partial charge in [0, 0.05) is 37.5 Å². The molecular weight excluding hydrogens is 260 g/mol. The van der Waals surface area contributed by atoms with Gasteiger partial charge in [0.15, 0.2) is 0 Å². The van der Waals surface area contributed by atoms with Crippen LogP contribution in [0.1, 0.15) is 18.4 Å². The van der Waals surface area contributed by atoms with Crippen molar-refractivity contribution in [1.82, 2.24) is 0 Å². The molecule has 1 aliphatic heterocycles.